The number of methoxy groups -OCH3 is 1. The highest BCUT2D eigenvalue weighted by Gasteiger charge is 2.17. The third-order valence-corrected chi connectivity index (χ3v) is 3.92. The van der Waals surface area contributed by atoms with Gasteiger partial charge in [-0.15, -0.1) is 0 Å². The molecule has 0 spiro atoms. The van der Waals surface area contributed by atoms with Crippen LogP contribution in [0.15, 0.2) is 18.2 Å². The fourth-order valence-electron chi connectivity index (χ4n) is 2.63. The van der Waals surface area contributed by atoms with E-state index in [-0.39, 0.29) is 0 Å². The van der Waals surface area contributed by atoms with Gasteiger partial charge in [-0.05, 0) is 37.9 Å². The molecule has 3 heteroatoms. The van der Waals surface area contributed by atoms with Crippen molar-refractivity contribution in [3.05, 3.63) is 23.8 Å². The first-order valence-electron chi connectivity index (χ1n) is 6.87. The molecule has 3 nitrogen and oxygen atoms in total. The second-order valence-electron chi connectivity index (χ2n) is 5.23. The summed E-state index contributed by atoms with van der Waals surface area (Å²) in [6, 6.07) is 6.66. The van der Waals surface area contributed by atoms with Crippen molar-refractivity contribution in [1.82, 2.24) is 4.90 Å². The number of anilines is 1. The van der Waals surface area contributed by atoms with Crippen LogP contribution in [0.2, 0.25) is 0 Å². The highest BCUT2D eigenvalue weighted by Crippen LogP contribution is 2.24. The number of hydrogen-bond donors (Lipinski definition) is 1. The maximum atomic E-state index is 6.09. The second-order valence-corrected chi connectivity index (χ2v) is 5.23. The van der Waals surface area contributed by atoms with Crippen molar-refractivity contribution in [3.8, 4) is 5.75 Å². The molecule has 1 heterocycles. The molecule has 1 atom stereocenters. The van der Waals surface area contributed by atoms with Crippen LogP contribution in [0.5, 0.6) is 5.75 Å². The Morgan fingerprint density at radius 2 is 2.17 bits per heavy atom. The molecule has 0 aromatic heterocycles. The number of nitrogen functional groups attached to an aromatic ring is 1. The first-order valence-corrected chi connectivity index (χ1v) is 6.87. The van der Waals surface area contributed by atoms with Crippen molar-refractivity contribution in [2.75, 3.05) is 19.4 Å². The molecular weight excluding hydrogens is 224 g/mol. The van der Waals surface area contributed by atoms with E-state index in [1.165, 1.54) is 37.8 Å². The molecular formula is C15H24N2O. The summed E-state index contributed by atoms with van der Waals surface area (Å²) in [5, 5.41) is 0. The number of likely N-dealkylation sites (tertiary alicyclic amines) is 1. The monoisotopic (exact) mass is 248 g/mol. The predicted octanol–water partition coefficient (Wildman–Crippen LogP) is 3.04. The van der Waals surface area contributed by atoms with Gasteiger partial charge in [-0.2, -0.15) is 0 Å². The van der Waals surface area contributed by atoms with E-state index < -0.39 is 0 Å². The maximum Gasteiger partial charge on any atom is 0.120 e. The van der Waals surface area contributed by atoms with Crippen LogP contribution < -0.4 is 10.5 Å². The van der Waals surface area contributed by atoms with Gasteiger partial charge in [0.25, 0.3) is 0 Å². The summed E-state index contributed by atoms with van der Waals surface area (Å²) < 4.78 is 5.19. The molecule has 0 radical (unpaired) electrons. The molecule has 2 N–H and O–H groups in total. The minimum atomic E-state index is 0.661. The average molecular weight is 248 g/mol. The van der Waals surface area contributed by atoms with E-state index in [0.717, 1.165) is 18.0 Å². The third-order valence-electron chi connectivity index (χ3n) is 3.92. The molecule has 1 aromatic carbocycles. The number of nitrogens with two attached hydrogens (primary N) is 1. The lowest BCUT2D eigenvalue weighted by Crippen LogP contribution is -2.32. The number of rotatable bonds is 3. The minimum absolute atomic E-state index is 0.661. The van der Waals surface area contributed by atoms with Crippen molar-refractivity contribution in [2.45, 2.75) is 45.2 Å². The Labute approximate surface area is 110 Å². The molecule has 1 unspecified atom stereocenters. The van der Waals surface area contributed by atoms with Crippen LogP contribution in [0, 0.1) is 0 Å². The molecule has 1 aromatic rings. The Balaban J connectivity index is 2.07. The summed E-state index contributed by atoms with van der Waals surface area (Å²) in [4.78, 5) is 2.55. The number of benzene rings is 1. The van der Waals surface area contributed by atoms with Gasteiger partial charge >= 0.3 is 0 Å². The Morgan fingerprint density at radius 1 is 1.33 bits per heavy atom. The molecule has 0 aliphatic carbocycles. The molecule has 0 amide bonds. The van der Waals surface area contributed by atoms with Crippen molar-refractivity contribution >= 4 is 5.69 Å². The van der Waals surface area contributed by atoms with Gasteiger partial charge in [0.2, 0.25) is 0 Å². The lowest BCUT2D eigenvalue weighted by Gasteiger charge is -2.27. The van der Waals surface area contributed by atoms with Gasteiger partial charge in [-0.1, -0.05) is 18.9 Å². The standard InChI is InChI=1S/C15H24N2O/c1-12-6-4-3-5-9-17(12)11-13-7-8-14(18-2)10-15(13)16/h7-8,10,12H,3-6,9,11,16H2,1-2H3. The van der Waals surface area contributed by atoms with Crippen LogP contribution in [-0.2, 0) is 6.54 Å². The molecule has 2 rings (SSSR count). The van der Waals surface area contributed by atoms with Crippen LogP contribution >= 0.6 is 0 Å². The lowest BCUT2D eigenvalue weighted by atomic mass is 10.1. The van der Waals surface area contributed by atoms with E-state index >= 15 is 0 Å². The molecule has 1 aliphatic heterocycles. The van der Waals surface area contributed by atoms with Gasteiger partial charge in [0.1, 0.15) is 5.75 Å². The molecule has 0 bridgehead atoms. The largest absolute Gasteiger partial charge is 0.497 e. The van der Waals surface area contributed by atoms with Crippen molar-refractivity contribution in [1.29, 1.82) is 0 Å². The Kier molecular flexibility index (Phi) is 4.48. The molecule has 18 heavy (non-hydrogen) atoms. The summed E-state index contributed by atoms with van der Waals surface area (Å²) in [5.41, 5.74) is 8.14. The normalized spacial score (nSPS) is 21.6. The highest BCUT2D eigenvalue weighted by molar-refractivity contribution is 5.51. The van der Waals surface area contributed by atoms with E-state index in [0.29, 0.717) is 6.04 Å². The van der Waals surface area contributed by atoms with Crippen molar-refractivity contribution in [3.63, 3.8) is 0 Å². The number of nitrogens with zero attached hydrogens (tertiary/aromatic N) is 1. The molecule has 1 fully saturated rings. The van der Waals surface area contributed by atoms with E-state index in [9.17, 15) is 0 Å². The third kappa shape index (κ3) is 3.16. The summed E-state index contributed by atoms with van der Waals surface area (Å²) in [6.07, 6.45) is 5.32. The summed E-state index contributed by atoms with van der Waals surface area (Å²) >= 11 is 0. The number of ether oxygens (including phenoxy) is 1. The predicted molar refractivity (Wildman–Crippen MR) is 75.7 cm³/mol. The van der Waals surface area contributed by atoms with Crippen LogP contribution in [0.3, 0.4) is 0 Å². The number of hydrogen-bond acceptors (Lipinski definition) is 3. The fourth-order valence-corrected chi connectivity index (χ4v) is 2.63. The van der Waals surface area contributed by atoms with Gasteiger partial charge in [0, 0.05) is 24.3 Å². The van der Waals surface area contributed by atoms with Crippen molar-refractivity contribution in [2.24, 2.45) is 0 Å². The second kappa shape index (κ2) is 6.10. The van der Waals surface area contributed by atoms with E-state index in [4.69, 9.17) is 10.5 Å². The van der Waals surface area contributed by atoms with Gasteiger partial charge in [0.05, 0.1) is 7.11 Å². The van der Waals surface area contributed by atoms with Crippen LogP contribution in [0.4, 0.5) is 5.69 Å². The van der Waals surface area contributed by atoms with Gasteiger partial charge in [-0.3, -0.25) is 4.90 Å². The summed E-state index contributed by atoms with van der Waals surface area (Å²) in [7, 11) is 1.67. The average Bonchev–Trinajstić information content (AvgIpc) is 2.57. The smallest absolute Gasteiger partial charge is 0.120 e. The van der Waals surface area contributed by atoms with E-state index in [1.54, 1.807) is 7.11 Å². The van der Waals surface area contributed by atoms with Crippen LogP contribution in [0.1, 0.15) is 38.2 Å². The Morgan fingerprint density at radius 3 is 2.89 bits per heavy atom. The van der Waals surface area contributed by atoms with E-state index in [2.05, 4.69) is 17.9 Å². The molecule has 0 saturated carbocycles. The van der Waals surface area contributed by atoms with Gasteiger partial charge in [-0.25, -0.2) is 0 Å². The van der Waals surface area contributed by atoms with Crippen LogP contribution in [0.25, 0.3) is 0 Å². The zero-order valence-electron chi connectivity index (χ0n) is 11.5. The summed E-state index contributed by atoms with van der Waals surface area (Å²) in [6.45, 7) is 4.47. The van der Waals surface area contributed by atoms with Crippen LogP contribution in [-0.4, -0.2) is 24.6 Å². The van der Waals surface area contributed by atoms with Gasteiger partial charge < -0.3 is 10.5 Å². The first-order chi connectivity index (χ1) is 8.70. The topological polar surface area (TPSA) is 38.5 Å². The lowest BCUT2D eigenvalue weighted by molar-refractivity contribution is 0.205. The maximum absolute atomic E-state index is 6.09. The minimum Gasteiger partial charge on any atom is -0.497 e. The van der Waals surface area contributed by atoms with Crippen molar-refractivity contribution < 1.29 is 4.74 Å². The zero-order valence-corrected chi connectivity index (χ0v) is 11.5. The quantitative estimate of drug-likeness (QED) is 0.836. The Bertz CT molecular complexity index is 392. The molecule has 1 saturated heterocycles. The molecule has 100 valence electrons. The SMILES string of the molecule is COc1ccc(CN2CCCCCC2C)c(N)c1. The Hall–Kier alpha value is -1.22. The van der Waals surface area contributed by atoms with Gasteiger partial charge in [0.15, 0.2) is 0 Å². The van der Waals surface area contributed by atoms with E-state index in [1.807, 2.05) is 12.1 Å². The molecule has 1 aliphatic rings. The first kappa shape index (κ1) is 13.2. The highest BCUT2D eigenvalue weighted by atomic mass is 16.5. The zero-order chi connectivity index (χ0) is 13.0. The fraction of sp³-hybridized carbons (Fsp3) is 0.600. The summed E-state index contributed by atoms with van der Waals surface area (Å²) in [5.74, 6) is 0.833.